The highest BCUT2D eigenvalue weighted by molar-refractivity contribution is 4.77. The van der Waals surface area contributed by atoms with Crippen LogP contribution in [0.1, 0.15) is 26.2 Å². The van der Waals surface area contributed by atoms with Gasteiger partial charge in [0.05, 0.1) is 12.7 Å². The average molecular weight is 198 g/mol. The van der Waals surface area contributed by atoms with Crippen LogP contribution in [0.2, 0.25) is 0 Å². The fraction of sp³-hybridized carbons (Fsp3) is 1.00. The van der Waals surface area contributed by atoms with Crippen molar-refractivity contribution in [1.82, 2.24) is 10.2 Å². The highest BCUT2D eigenvalue weighted by Crippen LogP contribution is 2.17. The lowest BCUT2D eigenvalue weighted by Gasteiger charge is -2.27. The molecular formula is C11H22N2O. The molecule has 2 aliphatic heterocycles. The van der Waals surface area contributed by atoms with Gasteiger partial charge in [0.2, 0.25) is 0 Å². The largest absolute Gasteiger partial charge is 0.376 e. The molecule has 0 aromatic heterocycles. The predicted molar refractivity (Wildman–Crippen MR) is 57.5 cm³/mol. The van der Waals surface area contributed by atoms with Gasteiger partial charge in [-0.05, 0) is 32.7 Å². The van der Waals surface area contributed by atoms with E-state index >= 15 is 0 Å². The Morgan fingerprint density at radius 1 is 1.50 bits per heavy atom. The number of ether oxygens (including phenoxy) is 1. The second-order valence-electron chi connectivity index (χ2n) is 4.51. The molecule has 3 nitrogen and oxygen atoms in total. The van der Waals surface area contributed by atoms with Crippen LogP contribution in [0, 0.1) is 0 Å². The van der Waals surface area contributed by atoms with Crippen molar-refractivity contribution >= 4 is 0 Å². The molecule has 0 saturated carbocycles. The standard InChI is InChI=1S/C11H22N2O/c1-10-3-2-6-13(10)7-4-11-9-12-5-8-14-11/h10-12H,2-9H2,1H3. The molecule has 2 aliphatic rings. The van der Waals surface area contributed by atoms with E-state index in [9.17, 15) is 0 Å². The van der Waals surface area contributed by atoms with Crippen molar-refractivity contribution in [2.75, 3.05) is 32.8 Å². The molecule has 0 aromatic carbocycles. The van der Waals surface area contributed by atoms with Gasteiger partial charge in [0.25, 0.3) is 0 Å². The molecule has 2 unspecified atom stereocenters. The van der Waals surface area contributed by atoms with E-state index in [2.05, 4.69) is 17.1 Å². The third-order valence-corrected chi connectivity index (χ3v) is 3.43. The maximum Gasteiger partial charge on any atom is 0.0712 e. The molecule has 14 heavy (non-hydrogen) atoms. The quantitative estimate of drug-likeness (QED) is 0.727. The van der Waals surface area contributed by atoms with Crippen molar-refractivity contribution in [3.8, 4) is 0 Å². The molecule has 82 valence electrons. The molecular weight excluding hydrogens is 176 g/mol. The minimum Gasteiger partial charge on any atom is -0.376 e. The highest BCUT2D eigenvalue weighted by Gasteiger charge is 2.21. The number of rotatable bonds is 3. The van der Waals surface area contributed by atoms with Gasteiger partial charge in [0.1, 0.15) is 0 Å². The Hall–Kier alpha value is -0.120. The Kier molecular flexibility index (Phi) is 3.79. The topological polar surface area (TPSA) is 24.5 Å². The van der Waals surface area contributed by atoms with Gasteiger partial charge >= 0.3 is 0 Å². The summed E-state index contributed by atoms with van der Waals surface area (Å²) >= 11 is 0. The third kappa shape index (κ3) is 2.69. The zero-order valence-electron chi connectivity index (χ0n) is 9.17. The summed E-state index contributed by atoms with van der Waals surface area (Å²) in [5.41, 5.74) is 0. The number of nitrogens with one attached hydrogen (secondary N) is 1. The fourth-order valence-corrected chi connectivity index (χ4v) is 2.44. The summed E-state index contributed by atoms with van der Waals surface area (Å²) < 4.78 is 5.68. The molecule has 0 amide bonds. The zero-order valence-corrected chi connectivity index (χ0v) is 9.17. The molecule has 3 heteroatoms. The molecule has 2 atom stereocenters. The zero-order chi connectivity index (χ0) is 9.80. The lowest BCUT2D eigenvalue weighted by atomic mass is 10.2. The van der Waals surface area contributed by atoms with Crippen molar-refractivity contribution in [1.29, 1.82) is 0 Å². The van der Waals surface area contributed by atoms with Gasteiger partial charge in [-0.15, -0.1) is 0 Å². The first-order chi connectivity index (χ1) is 6.86. The molecule has 0 spiro atoms. The SMILES string of the molecule is CC1CCCN1CCC1CNCCO1. The number of hydrogen-bond acceptors (Lipinski definition) is 3. The van der Waals surface area contributed by atoms with Crippen molar-refractivity contribution in [2.45, 2.75) is 38.3 Å². The minimum atomic E-state index is 0.455. The highest BCUT2D eigenvalue weighted by atomic mass is 16.5. The van der Waals surface area contributed by atoms with Crippen molar-refractivity contribution in [2.24, 2.45) is 0 Å². The Bertz CT molecular complexity index is 169. The van der Waals surface area contributed by atoms with Crippen molar-refractivity contribution < 1.29 is 4.74 Å². The molecule has 2 heterocycles. The molecule has 2 saturated heterocycles. The smallest absolute Gasteiger partial charge is 0.0712 e. The van der Waals surface area contributed by atoms with Gasteiger partial charge in [-0.1, -0.05) is 0 Å². The van der Waals surface area contributed by atoms with Crippen LogP contribution in [0.4, 0.5) is 0 Å². The van der Waals surface area contributed by atoms with Crippen molar-refractivity contribution in [3.05, 3.63) is 0 Å². The van der Waals surface area contributed by atoms with Crippen LogP contribution in [-0.4, -0.2) is 49.8 Å². The fourth-order valence-electron chi connectivity index (χ4n) is 2.44. The second-order valence-corrected chi connectivity index (χ2v) is 4.51. The molecule has 2 rings (SSSR count). The van der Waals surface area contributed by atoms with E-state index in [1.807, 2.05) is 0 Å². The van der Waals surface area contributed by atoms with Gasteiger partial charge in [0, 0.05) is 25.7 Å². The lowest BCUT2D eigenvalue weighted by Crippen LogP contribution is -2.40. The molecule has 0 bridgehead atoms. The molecule has 0 radical (unpaired) electrons. The van der Waals surface area contributed by atoms with E-state index in [4.69, 9.17) is 4.74 Å². The van der Waals surface area contributed by atoms with Crippen LogP contribution in [0.25, 0.3) is 0 Å². The number of hydrogen-bond donors (Lipinski definition) is 1. The number of nitrogens with zero attached hydrogens (tertiary/aromatic N) is 1. The van der Waals surface area contributed by atoms with Crippen LogP contribution < -0.4 is 5.32 Å². The summed E-state index contributed by atoms with van der Waals surface area (Å²) in [5, 5.41) is 3.38. The Morgan fingerprint density at radius 3 is 3.07 bits per heavy atom. The molecule has 1 N–H and O–H groups in total. The van der Waals surface area contributed by atoms with Gasteiger partial charge in [-0.3, -0.25) is 0 Å². The van der Waals surface area contributed by atoms with E-state index in [0.717, 1.165) is 25.7 Å². The van der Waals surface area contributed by atoms with E-state index in [-0.39, 0.29) is 0 Å². The first-order valence-corrected chi connectivity index (χ1v) is 5.92. The molecule has 0 aliphatic carbocycles. The summed E-state index contributed by atoms with van der Waals surface area (Å²) in [7, 11) is 0. The third-order valence-electron chi connectivity index (χ3n) is 3.43. The van der Waals surface area contributed by atoms with Gasteiger partial charge in [-0.2, -0.15) is 0 Å². The molecule has 2 fully saturated rings. The first kappa shape index (κ1) is 10.4. The number of likely N-dealkylation sites (tertiary alicyclic amines) is 1. The van der Waals surface area contributed by atoms with E-state index in [1.165, 1.54) is 32.4 Å². The van der Waals surface area contributed by atoms with Crippen LogP contribution in [0.5, 0.6) is 0 Å². The first-order valence-electron chi connectivity index (χ1n) is 5.92. The van der Waals surface area contributed by atoms with Crippen LogP contribution in [0.15, 0.2) is 0 Å². The second kappa shape index (κ2) is 5.10. The Balaban J connectivity index is 1.65. The van der Waals surface area contributed by atoms with Crippen LogP contribution >= 0.6 is 0 Å². The van der Waals surface area contributed by atoms with E-state index in [1.54, 1.807) is 0 Å². The predicted octanol–water partition coefficient (Wildman–Crippen LogP) is 0.849. The van der Waals surface area contributed by atoms with Gasteiger partial charge in [0.15, 0.2) is 0 Å². The maximum absolute atomic E-state index is 5.68. The summed E-state index contributed by atoms with van der Waals surface area (Å²) in [6.07, 6.45) is 4.41. The van der Waals surface area contributed by atoms with Crippen molar-refractivity contribution in [3.63, 3.8) is 0 Å². The normalized spacial score (nSPS) is 34.9. The average Bonchev–Trinajstić information content (AvgIpc) is 2.63. The maximum atomic E-state index is 5.68. The number of morpholine rings is 1. The van der Waals surface area contributed by atoms with Gasteiger partial charge < -0.3 is 15.0 Å². The summed E-state index contributed by atoms with van der Waals surface area (Å²) in [6.45, 7) is 7.81. The monoisotopic (exact) mass is 198 g/mol. The lowest BCUT2D eigenvalue weighted by molar-refractivity contribution is 0.0170. The Labute approximate surface area is 86.8 Å². The summed E-state index contributed by atoms with van der Waals surface area (Å²) in [4.78, 5) is 2.60. The van der Waals surface area contributed by atoms with E-state index in [0.29, 0.717) is 6.10 Å². The Morgan fingerprint density at radius 2 is 2.43 bits per heavy atom. The van der Waals surface area contributed by atoms with Gasteiger partial charge in [-0.25, -0.2) is 0 Å². The van der Waals surface area contributed by atoms with E-state index < -0.39 is 0 Å². The van der Waals surface area contributed by atoms with Crippen LogP contribution in [0.3, 0.4) is 0 Å². The molecule has 0 aromatic rings. The summed E-state index contributed by atoms with van der Waals surface area (Å²) in [5.74, 6) is 0. The minimum absolute atomic E-state index is 0.455. The van der Waals surface area contributed by atoms with Crippen LogP contribution in [-0.2, 0) is 4.74 Å². The summed E-state index contributed by atoms with van der Waals surface area (Å²) in [6, 6.07) is 0.798.